The number of piperazine rings is 1. The summed E-state index contributed by atoms with van der Waals surface area (Å²) >= 11 is 6.25. The Kier molecular flexibility index (Phi) is 7.69. The maximum atomic E-state index is 12.3. The molecule has 1 saturated heterocycles. The number of aliphatic hydroxyl groups is 1. The van der Waals surface area contributed by atoms with Crippen LogP contribution in [-0.4, -0.2) is 58.2 Å². The molecule has 8 heteroatoms. The lowest BCUT2D eigenvalue weighted by Crippen LogP contribution is -2.56. The first-order chi connectivity index (χ1) is 16.6. The predicted molar refractivity (Wildman–Crippen MR) is 138 cm³/mol. The summed E-state index contributed by atoms with van der Waals surface area (Å²) in [6.45, 7) is 7.51. The van der Waals surface area contributed by atoms with Crippen LogP contribution in [0.25, 0.3) is 0 Å². The molecular formula is C27H34ClN3O4. The number of halogens is 1. The molecule has 0 radical (unpaired) electrons. The molecule has 3 atom stereocenters. The zero-order valence-electron chi connectivity index (χ0n) is 20.5. The number of nitrogens with zero attached hydrogens (tertiary/aromatic N) is 2. The molecule has 2 aliphatic rings. The number of hydrogen-bond acceptors (Lipinski definition) is 6. The van der Waals surface area contributed by atoms with Crippen LogP contribution >= 0.6 is 11.6 Å². The number of aliphatic carboxylic acids is 1. The van der Waals surface area contributed by atoms with E-state index in [2.05, 4.69) is 17.1 Å². The van der Waals surface area contributed by atoms with Crippen molar-refractivity contribution < 1.29 is 19.7 Å². The lowest BCUT2D eigenvalue weighted by Gasteiger charge is -2.38. The zero-order chi connectivity index (χ0) is 25.2. The number of nitrogens with one attached hydrogen (secondary N) is 1. The second kappa shape index (κ2) is 10.6. The Morgan fingerprint density at radius 2 is 2.03 bits per heavy atom. The molecule has 7 nitrogen and oxygen atoms in total. The molecule has 0 amide bonds. The number of rotatable bonds is 7. The number of hydrogen-bond donors (Lipinski definition) is 3. The Hall–Kier alpha value is -2.61. The lowest BCUT2D eigenvalue weighted by atomic mass is 9.86. The molecule has 2 aromatic carbocycles. The molecule has 0 spiro atoms. The fraction of sp³-hybridized carbons (Fsp3) is 0.481. The van der Waals surface area contributed by atoms with Gasteiger partial charge in [0, 0.05) is 30.7 Å². The summed E-state index contributed by atoms with van der Waals surface area (Å²) in [6, 6.07) is 12.9. The molecule has 188 valence electrons. The van der Waals surface area contributed by atoms with E-state index in [1.165, 1.54) is 0 Å². The molecular weight excluding hydrogens is 466 g/mol. The fourth-order valence-electron chi connectivity index (χ4n) is 5.09. The minimum absolute atomic E-state index is 0.228. The third kappa shape index (κ3) is 6.34. The van der Waals surface area contributed by atoms with Gasteiger partial charge in [-0.15, -0.1) is 0 Å². The Morgan fingerprint density at radius 1 is 1.26 bits per heavy atom. The lowest BCUT2D eigenvalue weighted by molar-refractivity contribution is -0.143. The maximum absolute atomic E-state index is 12.3. The third-order valence-corrected chi connectivity index (χ3v) is 6.86. The van der Waals surface area contributed by atoms with Crippen LogP contribution in [0.5, 0.6) is 11.5 Å². The van der Waals surface area contributed by atoms with Crippen LogP contribution < -0.4 is 10.1 Å². The molecule has 2 aliphatic heterocycles. The van der Waals surface area contributed by atoms with Gasteiger partial charge in [0.05, 0.1) is 17.1 Å². The van der Waals surface area contributed by atoms with Crippen molar-refractivity contribution in [1.29, 1.82) is 0 Å². The van der Waals surface area contributed by atoms with Gasteiger partial charge in [0.2, 0.25) is 0 Å². The van der Waals surface area contributed by atoms with Crippen molar-refractivity contribution in [1.82, 2.24) is 10.2 Å². The molecule has 1 unspecified atom stereocenters. The normalized spacial score (nSPS) is 19.5. The van der Waals surface area contributed by atoms with Gasteiger partial charge in [-0.05, 0) is 69.4 Å². The van der Waals surface area contributed by atoms with Crippen molar-refractivity contribution in [2.75, 3.05) is 19.6 Å². The summed E-state index contributed by atoms with van der Waals surface area (Å²) in [7, 11) is 0. The van der Waals surface area contributed by atoms with Crippen molar-refractivity contribution in [3.8, 4) is 11.5 Å². The zero-order valence-corrected chi connectivity index (χ0v) is 21.3. The Labute approximate surface area is 211 Å². The molecule has 1 fully saturated rings. The van der Waals surface area contributed by atoms with E-state index in [1.54, 1.807) is 26.0 Å². The number of aliphatic imine (C=N–C) groups is 1. The molecule has 3 N–H and O–H groups in total. The number of carboxylic acid groups (broad SMARTS) is 1. The standard InChI is InChI=1S/C27H34ClN3O4/c1-17(15-27(2,3)34)8-10-19(26(32)33)22-16-31(13-12-29-22)25-20-6-4-5-7-23(20)35-24-11-9-18(28)14-21(24)30-25/h4-7,9,11,14,17,19,22,29,34H,8,10,12-13,15-16H2,1-3H3,(H,32,33)/t17?,19-,22+/m0/s1. The number of carbonyl (C=O) groups is 1. The van der Waals surface area contributed by atoms with E-state index in [-0.39, 0.29) is 12.0 Å². The third-order valence-electron chi connectivity index (χ3n) is 6.62. The summed E-state index contributed by atoms with van der Waals surface area (Å²) in [5.74, 6) is 0.983. The summed E-state index contributed by atoms with van der Waals surface area (Å²) < 4.78 is 6.17. The minimum Gasteiger partial charge on any atom is -0.481 e. The van der Waals surface area contributed by atoms with Gasteiger partial charge in [0.15, 0.2) is 5.75 Å². The number of para-hydroxylation sites is 1. The number of carboxylic acids is 1. The van der Waals surface area contributed by atoms with E-state index in [4.69, 9.17) is 21.3 Å². The summed E-state index contributed by atoms with van der Waals surface area (Å²) in [4.78, 5) is 19.4. The van der Waals surface area contributed by atoms with Crippen molar-refractivity contribution in [2.24, 2.45) is 16.8 Å². The molecule has 2 aromatic rings. The van der Waals surface area contributed by atoms with Crippen molar-refractivity contribution in [3.05, 3.63) is 53.1 Å². The van der Waals surface area contributed by atoms with Crippen LogP contribution in [0.4, 0.5) is 5.69 Å². The largest absolute Gasteiger partial charge is 0.481 e. The number of amidine groups is 1. The first kappa shape index (κ1) is 25.5. The van der Waals surface area contributed by atoms with Gasteiger partial charge in [0.1, 0.15) is 17.3 Å². The van der Waals surface area contributed by atoms with Crippen LogP contribution in [0.15, 0.2) is 47.5 Å². The molecule has 0 saturated carbocycles. The van der Waals surface area contributed by atoms with Gasteiger partial charge in [-0.25, -0.2) is 4.99 Å². The van der Waals surface area contributed by atoms with E-state index in [1.807, 2.05) is 30.3 Å². The van der Waals surface area contributed by atoms with Gasteiger partial charge in [-0.3, -0.25) is 4.79 Å². The Balaban J connectivity index is 1.57. The maximum Gasteiger partial charge on any atom is 0.308 e. The highest BCUT2D eigenvalue weighted by Crippen LogP contribution is 2.39. The Bertz CT molecular complexity index is 1100. The van der Waals surface area contributed by atoms with Crippen LogP contribution in [0.2, 0.25) is 5.02 Å². The van der Waals surface area contributed by atoms with E-state index in [9.17, 15) is 15.0 Å². The SMILES string of the molecule is CC(CC[C@H](C(=O)O)[C@H]1CN(C2=Nc3cc(Cl)ccc3Oc3ccccc32)CCN1)CC(C)(C)O. The predicted octanol–water partition coefficient (Wildman–Crippen LogP) is 5.08. The second-order valence-electron chi connectivity index (χ2n) is 10.3. The van der Waals surface area contributed by atoms with Crippen LogP contribution in [-0.2, 0) is 4.79 Å². The molecule has 2 heterocycles. The molecule has 4 rings (SSSR count). The summed E-state index contributed by atoms with van der Waals surface area (Å²) in [5, 5.41) is 24.2. The number of benzene rings is 2. The molecule has 0 aliphatic carbocycles. The van der Waals surface area contributed by atoms with Crippen molar-refractivity contribution in [2.45, 2.75) is 51.7 Å². The van der Waals surface area contributed by atoms with Crippen LogP contribution in [0.3, 0.4) is 0 Å². The van der Waals surface area contributed by atoms with Gasteiger partial charge >= 0.3 is 5.97 Å². The second-order valence-corrected chi connectivity index (χ2v) is 10.7. The first-order valence-electron chi connectivity index (χ1n) is 12.2. The van der Waals surface area contributed by atoms with E-state index >= 15 is 0 Å². The fourth-order valence-corrected chi connectivity index (χ4v) is 5.26. The van der Waals surface area contributed by atoms with Crippen molar-refractivity contribution >= 4 is 29.1 Å². The minimum atomic E-state index is -0.802. The average molecular weight is 500 g/mol. The van der Waals surface area contributed by atoms with Gasteiger partial charge in [-0.2, -0.15) is 0 Å². The van der Waals surface area contributed by atoms with Crippen LogP contribution in [0.1, 0.15) is 45.6 Å². The quantitative estimate of drug-likeness (QED) is 0.492. The van der Waals surface area contributed by atoms with Crippen molar-refractivity contribution in [3.63, 3.8) is 0 Å². The van der Waals surface area contributed by atoms with Gasteiger partial charge < -0.3 is 25.2 Å². The monoisotopic (exact) mass is 499 g/mol. The average Bonchev–Trinajstić information content (AvgIpc) is 2.94. The topological polar surface area (TPSA) is 94.4 Å². The first-order valence-corrected chi connectivity index (χ1v) is 12.6. The number of ether oxygens (including phenoxy) is 1. The molecule has 0 bridgehead atoms. The van der Waals surface area contributed by atoms with E-state index in [0.717, 1.165) is 17.8 Å². The van der Waals surface area contributed by atoms with Gasteiger partial charge in [0.25, 0.3) is 0 Å². The highest BCUT2D eigenvalue weighted by atomic mass is 35.5. The molecule has 0 aromatic heterocycles. The molecule has 35 heavy (non-hydrogen) atoms. The smallest absolute Gasteiger partial charge is 0.308 e. The van der Waals surface area contributed by atoms with E-state index in [0.29, 0.717) is 54.7 Å². The van der Waals surface area contributed by atoms with Crippen LogP contribution in [0, 0.1) is 11.8 Å². The number of fused-ring (bicyclic) bond motifs is 2. The summed E-state index contributed by atoms with van der Waals surface area (Å²) in [5.41, 5.74) is 0.754. The highest BCUT2D eigenvalue weighted by molar-refractivity contribution is 6.31. The Morgan fingerprint density at radius 3 is 2.77 bits per heavy atom. The highest BCUT2D eigenvalue weighted by Gasteiger charge is 2.34. The van der Waals surface area contributed by atoms with Gasteiger partial charge in [-0.1, -0.05) is 30.7 Å². The van der Waals surface area contributed by atoms with E-state index < -0.39 is 17.5 Å². The summed E-state index contributed by atoms with van der Waals surface area (Å²) in [6.07, 6.45) is 1.92.